The molecule has 4 heterocycles. The Morgan fingerprint density at radius 2 is 1.92 bits per heavy atom. The molecule has 11 heteroatoms. The van der Waals surface area contributed by atoms with Crippen LogP contribution in [0.2, 0.25) is 0 Å². The maximum absolute atomic E-state index is 13.6. The quantitative estimate of drug-likeness (QED) is 0.549. The number of hydrogen-bond acceptors (Lipinski definition) is 6. The molecule has 9 nitrogen and oxygen atoms in total. The van der Waals surface area contributed by atoms with Gasteiger partial charge in [0.2, 0.25) is 11.8 Å². The number of imide groups is 1. The molecule has 1 saturated carbocycles. The number of nitrogens with zero attached hydrogens (tertiary/aromatic N) is 5. The van der Waals surface area contributed by atoms with Crippen molar-refractivity contribution in [3.05, 3.63) is 48.5 Å². The summed E-state index contributed by atoms with van der Waals surface area (Å²) in [4.78, 5) is 35.6. The van der Waals surface area contributed by atoms with Crippen molar-refractivity contribution in [2.75, 3.05) is 11.9 Å². The zero-order chi connectivity index (χ0) is 25.5. The van der Waals surface area contributed by atoms with Crippen LogP contribution in [0.4, 0.5) is 19.4 Å². The lowest BCUT2D eigenvalue weighted by atomic mass is 9.72. The second-order valence-corrected chi connectivity index (χ2v) is 9.43. The summed E-state index contributed by atoms with van der Waals surface area (Å²) in [5.74, 6) is -1.79. The number of hydrogen-bond donors (Lipinski definition) is 1. The summed E-state index contributed by atoms with van der Waals surface area (Å²) in [6, 6.07) is 6.18. The predicted molar refractivity (Wildman–Crippen MR) is 127 cm³/mol. The predicted octanol–water partition coefficient (Wildman–Crippen LogP) is 4.94. The smallest absolute Gasteiger partial charge is 0.329 e. The lowest BCUT2D eigenvalue weighted by Crippen LogP contribution is -2.43. The second-order valence-electron chi connectivity index (χ2n) is 9.43. The van der Waals surface area contributed by atoms with E-state index in [0.29, 0.717) is 29.3 Å². The van der Waals surface area contributed by atoms with Crippen LogP contribution in [0.5, 0.6) is 11.5 Å². The van der Waals surface area contributed by atoms with Crippen molar-refractivity contribution in [3.63, 3.8) is 0 Å². The number of rotatable bonds is 4. The maximum atomic E-state index is 13.6. The highest BCUT2D eigenvalue weighted by Crippen LogP contribution is 2.49. The third-order valence-corrected chi connectivity index (χ3v) is 6.93. The molecule has 1 aliphatic carbocycles. The van der Waals surface area contributed by atoms with E-state index in [1.54, 1.807) is 48.3 Å². The lowest BCUT2D eigenvalue weighted by Gasteiger charge is -2.35. The van der Waals surface area contributed by atoms with Crippen LogP contribution in [0.25, 0.3) is 11.3 Å². The third-order valence-electron chi connectivity index (χ3n) is 6.93. The van der Waals surface area contributed by atoms with Crippen molar-refractivity contribution in [1.29, 1.82) is 0 Å². The van der Waals surface area contributed by atoms with Crippen LogP contribution >= 0.6 is 0 Å². The number of anilines is 1. The highest BCUT2D eigenvalue weighted by molar-refractivity contribution is 6.04. The van der Waals surface area contributed by atoms with Crippen LogP contribution in [0.3, 0.4) is 0 Å². The monoisotopic (exact) mass is 496 g/mol. The molecule has 1 aliphatic heterocycles. The van der Waals surface area contributed by atoms with Crippen molar-refractivity contribution in [2.24, 2.45) is 12.5 Å². The van der Waals surface area contributed by atoms with E-state index < -0.39 is 17.4 Å². The fourth-order valence-corrected chi connectivity index (χ4v) is 4.79. The molecule has 0 aromatic carbocycles. The zero-order valence-corrected chi connectivity index (χ0v) is 20.0. The van der Waals surface area contributed by atoms with Gasteiger partial charge in [0.25, 0.3) is 0 Å². The van der Waals surface area contributed by atoms with Gasteiger partial charge in [0.15, 0.2) is 0 Å². The van der Waals surface area contributed by atoms with Gasteiger partial charge in [-0.1, -0.05) is 0 Å². The van der Waals surface area contributed by atoms with Crippen LogP contribution in [0.15, 0.2) is 42.9 Å². The first kappa shape index (κ1) is 23.8. The van der Waals surface area contributed by atoms with Crippen molar-refractivity contribution in [1.82, 2.24) is 24.6 Å². The molecule has 0 radical (unpaired) electrons. The van der Waals surface area contributed by atoms with Crippen LogP contribution in [0.1, 0.15) is 37.8 Å². The number of pyridine rings is 2. The fourth-order valence-electron chi connectivity index (χ4n) is 4.79. The second kappa shape index (κ2) is 8.96. The molecular weight excluding hydrogens is 470 g/mol. The largest absolute Gasteiger partial charge is 0.455 e. The van der Waals surface area contributed by atoms with Gasteiger partial charge >= 0.3 is 6.03 Å². The van der Waals surface area contributed by atoms with Crippen LogP contribution < -0.4 is 10.1 Å². The molecule has 3 aromatic heterocycles. The van der Waals surface area contributed by atoms with Gasteiger partial charge in [-0.3, -0.25) is 24.7 Å². The van der Waals surface area contributed by atoms with E-state index >= 15 is 0 Å². The van der Waals surface area contributed by atoms with E-state index in [-0.39, 0.29) is 44.0 Å². The third kappa shape index (κ3) is 4.65. The first-order chi connectivity index (χ1) is 17.1. The first-order valence-electron chi connectivity index (χ1n) is 11.8. The van der Waals surface area contributed by atoms with Gasteiger partial charge < -0.3 is 4.74 Å². The van der Waals surface area contributed by atoms with Crippen molar-refractivity contribution in [2.45, 2.75) is 45.0 Å². The minimum absolute atomic E-state index is 0.101. The number of ether oxygens (including phenoxy) is 1. The zero-order valence-electron chi connectivity index (χ0n) is 20.0. The van der Waals surface area contributed by atoms with Crippen LogP contribution in [-0.2, 0) is 11.8 Å². The molecule has 0 atom stereocenters. The normalized spacial score (nSPS) is 18.4. The Bertz CT molecular complexity index is 1310. The highest BCUT2D eigenvalue weighted by Gasteiger charge is 2.53. The summed E-state index contributed by atoms with van der Waals surface area (Å²) in [7, 11) is 1.83. The van der Waals surface area contributed by atoms with E-state index in [1.165, 1.54) is 0 Å². The van der Waals surface area contributed by atoms with Crippen molar-refractivity contribution in [3.8, 4) is 22.8 Å². The summed E-state index contributed by atoms with van der Waals surface area (Å²) >= 11 is 0. The molecule has 0 bridgehead atoms. The van der Waals surface area contributed by atoms with E-state index in [0.717, 1.165) is 10.5 Å². The number of aryl methyl sites for hydroxylation is 2. The van der Waals surface area contributed by atoms with Gasteiger partial charge in [-0.15, -0.1) is 0 Å². The molecule has 1 saturated heterocycles. The summed E-state index contributed by atoms with van der Waals surface area (Å²) in [5, 5.41) is 6.80. The number of alkyl halides is 2. The number of nitrogens with one attached hydrogen (secondary N) is 1. The number of aromatic nitrogens is 4. The minimum Gasteiger partial charge on any atom is -0.455 e. The Labute approximate surface area is 206 Å². The Morgan fingerprint density at radius 1 is 1.14 bits per heavy atom. The van der Waals surface area contributed by atoms with E-state index in [9.17, 15) is 18.4 Å². The molecule has 188 valence electrons. The first-order valence-corrected chi connectivity index (χ1v) is 11.8. The topological polar surface area (TPSA) is 102 Å². The molecular formula is C25H26F2N6O3. The Morgan fingerprint density at radius 3 is 2.61 bits per heavy atom. The number of carbonyl (C=O) groups is 2. The number of carbonyl (C=O) groups excluding carboxylic acids is 2. The van der Waals surface area contributed by atoms with Crippen molar-refractivity contribution >= 4 is 17.8 Å². The maximum Gasteiger partial charge on any atom is 0.329 e. The van der Waals surface area contributed by atoms with Gasteiger partial charge in [0.1, 0.15) is 17.3 Å². The SMILES string of the molecule is Cc1nc(NC(=O)N2CCC3(CCC(F)(F)CC3)C2=O)ccc1Oc1ccnc(-c2cnn(C)c2)c1. The summed E-state index contributed by atoms with van der Waals surface area (Å²) in [5.41, 5.74) is 1.24. The van der Waals surface area contributed by atoms with Gasteiger partial charge in [0.05, 0.1) is 23.0 Å². The summed E-state index contributed by atoms with van der Waals surface area (Å²) in [6.45, 7) is 1.95. The highest BCUT2D eigenvalue weighted by atomic mass is 19.3. The van der Waals surface area contributed by atoms with Gasteiger partial charge in [0, 0.05) is 50.5 Å². The molecule has 3 aromatic rings. The standard InChI is InChI=1S/C25H26F2N6O3/c1-16-20(36-18-5-11-28-19(13-18)17-14-29-32(2)15-17)3-4-21(30-16)31-23(35)33-12-10-24(22(33)34)6-8-25(26,27)9-7-24/h3-5,11,13-15H,6-10,12H2,1-2H3,(H,30,31,35). The van der Waals surface area contributed by atoms with Gasteiger partial charge in [-0.25, -0.2) is 18.6 Å². The summed E-state index contributed by atoms with van der Waals surface area (Å²) < 4.78 is 34.8. The van der Waals surface area contributed by atoms with Crippen molar-refractivity contribution < 1.29 is 23.1 Å². The van der Waals surface area contributed by atoms with Gasteiger partial charge in [-0.05, 0) is 44.4 Å². The van der Waals surface area contributed by atoms with Crippen LogP contribution in [-0.4, -0.2) is 49.1 Å². The molecule has 1 spiro atoms. The Hall–Kier alpha value is -3.89. The molecule has 3 amide bonds. The minimum atomic E-state index is -2.73. The molecule has 0 unspecified atom stereocenters. The molecule has 2 aliphatic rings. The average molecular weight is 497 g/mol. The Balaban J connectivity index is 1.24. The number of urea groups is 1. The summed E-state index contributed by atoms with van der Waals surface area (Å²) in [6.07, 6.45) is 5.17. The van der Waals surface area contributed by atoms with E-state index in [4.69, 9.17) is 4.74 Å². The number of amides is 3. The number of halogens is 2. The molecule has 1 N–H and O–H groups in total. The fraction of sp³-hybridized carbons (Fsp3) is 0.400. The average Bonchev–Trinajstić information content (AvgIpc) is 3.42. The van der Waals surface area contributed by atoms with Gasteiger partial charge in [-0.2, -0.15) is 5.10 Å². The molecule has 5 rings (SSSR count). The van der Waals surface area contributed by atoms with Crippen LogP contribution in [0, 0.1) is 12.3 Å². The number of likely N-dealkylation sites (tertiary alicyclic amines) is 1. The van der Waals surface area contributed by atoms with E-state index in [1.807, 2.05) is 13.2 Å². The molecule has 36 heavy (non-hydrogen) atoms. The van der Waals surface area contributed by atoms with E-state index in [2.05, 4.69) is 20.4 Å². The lowest BCUT2D eigenvalue weighted by molar-refractivity contribution is -0.140. The Kier molecular flexibility index (Phi) is 5.93. The molecule has 2 fully saturated rings.